The molecule has 21 heavy (non-hydrogen) atoms. The molecule has 0 aliphatic carbocycles. The van der Waals surface area contributed by atoms with Crippen LogP contribution in [0.1, 0.15) is 43.3 Å². The Morgan fingerprint density at radius 1 is 1.00 bits per heavy atom. The molecule has 0 saturated heterocycles. The van der Waals surface area contributed by atoms with E-state index in [2.05, 4.69) is 19.2 Å². The van der Waals surface area contributed by atoms with Crippen molar-refractivity contribution >= 4 is 24.2 Å². The van der Waals surface area contributed by atoms with E-state index in [0.717, 1.165) is 14.2 Å². The molecule has 114 valence electrons. The van der Waals surface area contributed by atoms with E-state index >= 15 is 0 Å². The Balaban J connectivity index is 3.32. The fourth-order valence-corrected chi connectivity index (χ4v) is 1.82. The fraction of sp³-hybridized carbons (Fsp3) is 0.385. The van der Waals surface area contributed by atoms with Crippen molar-refractivity contribution in [1.82, 2.24) is 4.98 Å². The van der Waals surface area contributed by atoms with Crippen molar-refractivity contribution in [2.24, 2.45) is 0 Å². The van der Waals surface area contributed by atoms with Gasteiger partial charge in [-0.2, -0.15) is 0 Å². The number of rotatable bonds is 6. The number of aromatic amines is 1. The highest BCUT2D eigenvalue weighted by atomic mass is 16.5. The number of ether oxygens (including phenoxy) is 3. The van der Waals surface area contributed by atoms with E-state index in [1.807, 2.05) is 0 Å². The van der Waals surface area contributed by atoms with Gasteiger partial charge in [-0.15, -0.1) is 0 Å². The molecule has 1 aromatic heterocycles. The first-order valence-electron chi connectivity index (χ1n) is 5.93. The highest BCUT2D eigenvalue weighted by Crippen LogP contribution is 2.22. The summed E-state index contributed by atoms with van der Waals surface area (Å²) in [6.07, 6.45) is 0.440. The number of aryl methyl sites for hydroxylation is 1. The largest absolute Gasteiger partial charge is 0.469 e. The van der Waals surface area contributed by atoms with Gasteiger partial charge in [-0.3, -0.25) is 9.59 Å². The predicted molar refractivity (Wildman–Crippen MR) is 69.2 cm³/mol. The van der Waals surface area contributed by atoms with Gasteiger partial charge in [-0.1, -0.05) is 0 Å². The lowest BCUT2D eigenvalue weighted by Crippen LogP contribution is -2.13. The molecule has 0 unspecified atom stereocenters. The summed E-state index contributed by atoms with van der Waals surface area (Å²) in [5.74, 6) is -2.15. The van der Waals surface area contributed by atoms with E-state index in [9.17, 15) is 19.2 Å². The molecule has 0 aliphatic rings. The van der Waals surface area contributed by atoms with Gasteiger partial charge in [0.2, 0.25) is 0 Å². The van der Waals surface area contributed by atoms with Crippen LogP contribution >= 0.6 is 0 Å². The molecule has 8 nitrogen and oxygen atoms in total. The first-order valence-corrected chi connectivity index (χ1v) is 5.93. The minimum atomic E-state index is -0.849. The van der Waals surface area contributed by atoms with Crippen LogP contribution in [0, 0.1) is 0 Å². The molecule has 0 aliphatic heterocycles. The Kier molecular flexibility index (Phi) is 5.65. The van der Waals surface area contributed by atoms with E-state index in [1.54, 1.807) is 0 Å². The van der Waals surface area contributed by atoms with Crippen LogP contribution in [0.2, 0.25) is 0 Å². The Morgan fingerprint density at radius 2 is 1.57 bits per heavy atom. The highest BCUT2D eigenvalue weighted by molar-refractivity contribution is 6.08. The van der Waals surface area contributed by atoms with Gasteiger partial charge in [0.25, 0.3) is 0 Å². The molecule has 0 spiro atoms. The lowest BCUT2D eigenvalue weighted by atomic mass is 10.1. The zero-order valence-electron chi connectivity index (χ0n) is 11.8. The van der Waals surface area contributed by atoms with E-state index < -0.39 is 17.9 Å². The Bertz CT molecular complexity index is 573. The summed E-state index contributed by atoms with van der Waals surface area (Å²) in [6.45, 7) is 0. The summed E-state index contributed by atoms with van der Waals surface area (Å²) in [4.78, 5) is 48.4. The number of hydrogen-bond donors (Lipinski definition) is 1. The molecule has 0 amide bonds. The van der Waals surface area contributed by atoms with Crippen molar-refractivity contribution in [3.63, 3.8) is 0 Å². The third kappa shape index (κ3) is 3.47. The second-order valence-electron chi connectivity index (χ2n) is 3.94. The summed E-state index contributed by atoms with van der Waals surface area (Å²) in [5.41, 5.74) is -0.202. The third-order valence-electron chi connectivity index (χ3n) is 2.81. The molecule has 1 heterocycles. The maximum atomic E-state index is 11.8. The molecule has 8 heteroatoms. The van der Waals surface area contributed by atoms with Gasteiger partial charge in [-0.05, 0) is 6.42 Å². The lowest BCUT2D eigenvalue weighted by molar-refractivity contribution is -0.140. The number of H-pyrrole nitrogens is 1. The number of hydrogen-bond acceptors (Lipinski definition) is 7. The average molecular weight is 297 g/mol. The summed E-state index contributed by atoms with van der Waals surface area (Å²) < 4.78 is 13.7. The normalized spacial score (nSPS) is 9.86. The minimum Gasteiger partial charge on any atom is -0.469 e. The molecule has 0 atom stereocenters. The zero-order valence-corrected chi connectivity index (χ0v) is 11.8. The number of nitrogens with one attached hydrogen (secondary N) is 1. The predicted octanol–water partition coefficient (Wildman–Crippen LogP) is 0.506. The summed E-state index contributed by atoms with van der Waals surface area (Å²) in [6, 6.07) is 0. The van der Waals surface area contributed by atoms with Crippen molar-refractivity contribution in [3.05, 3.63) is 22.5 Å². The van der Waals surface area contributed by atoms with Crippen LogP contribution in [0.3, 0.4) is 0 Å². The molecule has 0 fully saturated rings. The zero-order chi connectivity index (χ0) is 16.0. The molecule has 1 aromatic rings. The molecule has 1 N–H and O–H groups in total. The number of carbonyl (C=O) groups excluding carboxylic acids is 4. The first kappa shape index (κ1) is 16.4. The SMILES string of the molecule is COC(=O)CCc1[nH]c(C=O)c(C(=O)OC)c1C(=O)OC. The maximum Gasteiger partial charge on any atom is 0.341 e. The van der Waals surface area contributed by atoms with Gasteiger partial charge < -0.3 is 19.2 Å². The monoisotopic (exact) mass is 297 g/mol. The van der Waals surface area contributed by atoms with Crippen LogP contribution in [-0.4, -0.2) is 50.5 Å². The van der Waals surface area contributed by atoms with Crippen molar-refractivity contribution in [2.75, 3.05) is 21.3 Å². The van der Waals surface area contributed by atoms with Crippen molar-refractivity contribution < 1.29 is 33.4 Å². The summed E-state index contributed by atoms with van der Waals surface area (Å²) in [7, 11) is 3.50. The van der Waals surface area contributed by atoms with Gasteiger partial charge >= 0.3 is 17.9 Å². The lowest BCUT2D eigenvalue weighted by Gasteiger charge is -2.04. The fourth-order valence-electron chi connectivity index (χ4n) is 1.82. The van der Waals surface area contributed by atoms with Crippen LogP contribution in [0.25, 0.3) is 0 Å². The Morgan fingerprint density at radius 3 is 2.05 bits per heavy atom. The standard InChI is InChI=1S/C13H15NO7/c1-19-9(16)5-4-7-10(12(17)20-2)11(13(18)21-3)8(6-15)14-7/h6,14H,4-5H2,1-3H3. The Hall–Kier alpha value is -2.64. The number of aldehydes is 1. The first-order chi connectivity index (χ1) is 9.99. The summed E-state index contributed by atoms with van der Waals surface area (Å²) in [5, 5.41) is 0. The van der Waals surface area contributed by atoms with Gasteiger partial charge in [0.15, 0.2) is 6.29 Å². The molecular formula is C13H15NO7. The quantitative estimate of drug-likeness (QED) is 0.462. The van der Waals surface area contributed by atoms with Crippen molar-refractivity contribution in [3.8, 4) is 0 Å². The van der Waals surface area contributed by atoms with Gasteiger partial charge in [0.1, 0.15) is 5.56 Å². The second kappa shape index (κ2) is 7.22. The third-order valence-corrected chi connectivity index (χ3v) is 2.81. The van der Waals surface area contributed by atoms with E-state index in [0.29, 0.717) is 6.29 Å². The Labute approximate surface area is 120 Å². The van der Waals surface area contributed by atoms with Crippen molar-refractivity contribution in [1.29, 1.82) is 0 Å². The minimum absolute atomic E-state index is 0.0279. The van der Waals surface area contributed by atoms with E-state index in [4.69, 9.17) is 0 Å². The van der Waals surface area contributed by atoms with Gasteiger partial charge in [0.05, 0.1) is 39.0 Å². The number of aromatic nitrogens is 1. The van der Waals surface area contributed by atoms with Crippen LogP contribution in [0.4, 0.5) is 0 Å². The van der Waals surface area contributed by atoms with E-state index in [-0.39, 0.29) is 35.4 Å². The smallest absolute Gasteiger partial charge is 0.341 e. The number of carbonyl (C=O) groups is 4. The topological polar surface area (TPSA) is 112 Å². The summed E-state index contributed by atoms with van der Waals surface area (Å²) >= 11 is 0. The molecule has 0 aromatic carbocycles. The van der Waals surface area contributed by atoms with Crippen LogP contribution in [0.5, 0.6) is 0 Å². The molecule has 0 radical (unpaired) electrons. The van der Waals surface area contributed by atoms with Gasteiger partial charge in [-0.25, -0.2) is 9.59 Å². The highest BCUT2D eigenvalue weighted by Gasteiger charge is 2.29. The van der Waals surface area contributed by atoms with E-state index in [1.165, 1.54) is 7.11 Å². The molecule has 0 saturated carbocycles. The molecule has 1 rings (SSSR count). The number of esters is 3. The van der Waals surface area contributed by atoms with Crippen LogP contribution in [-0.2, 0) is 25.4 Å². The van der Waals surface area contributed by atoms with Gasteiger partial charge in [0, 0.05) is 5.69 Å². The number of methoxy groups -OCH3 is 3. The second-order valence-corrected chi connectivity index (χ2v) is 3.94. The maximum absolute atomic E-state index is 11.8. The van der Waals surface area contributed by atoms with Crippen molar-refractivity contribution in [2.45, 2.75) is 12.8 Å². The molecule has 0 bridgehead atoms. The van der Waals surface area contributed by atoms with Crippen LogP contribution in [0.15, 0.2) is 0 Å². The molecular weight excluding hydrogens is 282 g/mol. The van der Waals surface area contributed by atoms with Crippen LogP contribution < -0.4 is 0 Å². The average Bonchev–Trinajstić information content (AvgIpc) is 2.89.